The summed E-state index contributed by atoms with van der Waals surface area (Å²) in [6.07, 6.45) is 3.81. The van der Waals surface area contributed by atoms with E-state index in [1.165, 1.54) is 0 Å². The molecule has 0 spiro atoms. The molecule has 2 saturated carbocycles. The number of hydrogen-bond donors (Lipinski definition) is 0. The van der Waals surface area contributed by atoms with Crippen molar-refractivity contribution in [3.8, 4) is 0 Å². The van der Waals surface area contributed by atoms with Gasteiger partial charge in [-0.3, -0.25) is 9.59 Å². The summed E-state index contributed by atoms with van der Waals surface area (Å²) >= 11 is 0. The minimum absolute atomic E-state index is 0.0526. The Kier molecular flexibility index (Phi) is 2.50. The van der Waals surface area contributed by atoms with Crippen molar-refractivity contribution in [3.05, 3.63) is 0 Å². The number of carbonyl (C=O) groups excluding carboxylic acids is 2. The number of fused-ring (bicyclic) bond motifs is 3. The molecule has 2 aliphatic carbocycles. The molecule has 0 aromatic rings. The standard InChI is InChI=1S/C16H24O3/c1-14(2)8-10(17)9-15(3)11(14)5-6-16(4)12(15)7-13(18)19-16/h11-12H,5-9H2,1-4H3/t11?,12?,15-,16+/m0/s1. The van der Waals surface area contributed by atoms with Crippen LogP contribution in [-0.4, -0.2) is 17.4 Å². The number of rotatable bonds is 0. The molecule has 0 aromatic heterocycles. The minimum atomic E-state index is -0.337. The van der Waals surface area contributed by atoms with Crippen LogP contribution >= 0.6 is 0 Å². The molecule has 2 unspecified atom stereocenters. The predicted octanol–water partition coefficient (Wildman–Crippen LogP) is 3.11. The molecule has 1 heterocycles. The smallest absolute Gasteiger partial charge is 0.306 e. The number of hydrogen-bond acceptors (Lipinski definition) is 3. The molecule has 1 aliphatic heterocycles. The van der Waals surface area contributed by atoms with Gasteiger partial charge in [-0.2, -0.15) is 0 Å². The van der Waals surface area contributed by atoms with Gasteiger partial charge < -0.3 is 4.74 Å². The maximum absolute atomic E-state index is 12.2. The fraction of sp³-hybridized carbons (Fsp3) is 0.875. The van der Waals surface area contributed by atoms with Crippen LogP contribution in [0.15, 0.2) is 0 Å². The highest BCUT2D eigenvalue weighted by atomic mass is 16.6. The van der Waals surface area contributed by atoms with Gasteiger partial charge in [0, 0.05) is 18.8 Å². The third-order valence-corrected chi connectivity index (χ3v) is 6.15. The molecule has 3 fully saturated rings. The maximum atomic E-state index is 12.2. The Hall–Kier alpha value is -0.860. The first-order valence-corrected chi connectivity index (χ1v) is 7.41. The lowest BCUT2D eigenvalue weighted by molar-refractivity contribution is -0.168. The average Bonchev–Trinajstić information content (AvgIpc) is 2.51. The molecule has 1 saturated heterocycles. The normalized spacial score (nSPS) is 48.4. The van der Waals surface area contributed by atoms with E-state index in [-0.39, 0.29) is 28.3 Å². The number of ketones is 1. The third kappa shape index (κ3) is 1.70. The number of carbonyl (C=O) groups is 2. The number of esters is 1. The second-order valence-electron chi connectivity index (χ2n) is 8.02. The van der Waals surface area contributed by atoms with E-state index < -0.39 is 0 Å². The van der Waals surface area contributed by atoms with Crippen molar-refractivity contribution in [1.29, 1.82) is 0 Å². The molecule has 0 aromatic carbocycles. The van der Waals surface area contributed by atoms with E-state index in [0.717, 1.165) is 12.8 Å². The van der Waals surface area contributed by atoms with E-state index in [4.69, 9.17) is 4.74 Å². The summed E-state index contributed by atoms with van der Waals surface area (Å²) in [6, 6.07) is 0. The Balaban J connectivity index is 2.04. The number of Topliss-reactive ketones (excluding diaryl/α,β-unsaturated/α-hetero) is 1. The van der Waals surface area contributed by atoms with Crippen LogP contribution in [0.1, 0.15) is 59.8 Å². The third-order valence-electron chi connectivity index (χ3n) is 6.15. The maximum Gasteiger partial charge on any atom is 0.306 e. The minimum Gasteiger partial charge on any atom is -0.459 e. The molecule has 3 rings (SSSR count). The van der Waals surface area contributed by atoms with Gasteiger partial charge in [-0.25, -0.2) is 0 Å². The SMILES string of the molecule is CC1(C)CC(=O)C[C@@]2(C)C1CC[C@@]1(C)OC(=O)CC21. The van der Waals surface area contributed by atoms with E-state index in [9.17, 15) is 9.59 Å². The average molecular weight is 264 g/mol. The molecule has 3 nitrogen and oxygen atoms in total. The van der Waals surface area contributed by atoms with Crippen LogP contribution in [0.3, 0.4) is 0 Å². The van der Waals surface area contributed by atoms with E-state index in [2.05, 4.69) is 27.7 Å². The van der Waals surface area contributed by atoms with Crippen molar-refractivity contribution in [3.63, 3.8) is 0 Å². The molecule has 0 amide bonds. The molecular weight excluding hydrogens is 240 g/mol. The summed E-state index contributed by atoms with van der Waals surface area (Å²) in [5, 5.41) is 0. The zero-order chi connectivity index (χ0) is 14.1. The van der Waals surface area contributed by atoms with Gasteiger partial charge in [0.05, 0.1) is 6.42 Å². The van der Waals surface area contributed by atoms with Crippen molar-refractivity contribution in [1.82, 2.24) is 0 Å². The summed E-state index contributed by atoms with van der Waals surface area (Å²) < 4.78 is 5.62. The Morgan fingerprint density at radius 1 is 1.05 bits per heavy atom. The molecule has 3 heteroatoms. The molecular formula is C16H24O3. The zero-order valence-electron chi connectivity index (χ0n) is 12.4. The topological polar surface area (TPSA) is 43.4 Å². The molecule has 4 atom stereocenters. The van der Waals surface area contributed by atoms with Crippen LogP contribution in [-0.2, 0) is 14.3 Å². The summed E-state index contributed by atoms with van der Waals surface area (Å²) in [4.78, 5) is 24.0. The second kappa shape index (κ2) is 3.62. The monoisotopic (exact) mass is 264 g/mol. The van der Waals surface area contributed by atoms with Gasteiger partial charge >= 0.3 is 5.97 Å². The predicted molar refractivity (Wildman–Crippen MR) is 71.5 cm³/mol. The summed E-state index contributed by atoms with van der Waals surface area (Å²) in [6.45, 7) is 8.72. The van der Waals surface area contributed by atoms with Crippen molar-refractivity contribution in [2.24, 2.45) is 22.7 Å². The molecule has 0 radical (unpaired) electrons. The Bertz CT molecular complexity index is 453. The van der Waals surface area contributed by atoms with E-state index in [1.54, 1.807) is 0 Å². The molecule has 0 bridgehead atoms. The van der Waals surface area contributed by atoms with Crippen LogP contribution in [0.5, 0.6) is 0 Å². The lowest BCUT2D eigenvalue weighted by Gasteiger charge is -2.58. The largest absolute Gasteiger partial charge is 0.459 e. The second-order valence-corrected chi connectivity index (χ2v) is 8.02. The van der Waals surface area contributed by atoms with Crippen LogP contribution in [0.2, 0.25) is 0 Å². The molecule has 19 heavy (non-hydrogen) atoms. The lowest BCUT2D eigenvalue weighted by Crippen LogP contribution is -2.57. The van der Waals surface area contributed by atoms with E-state index in [0.29, 0.717) is 31.0 Å². The summed E-state index contributed by atoms with van der Waals surface area (Å²) in [7, 11) is 0. The van der Waals surface area contributed by atoms with Gasteiger partial charge in [0.25, 0.3) is 0 Å². The quantitative estimate of drug-likeness (QED) is 0.631. The Labute approximate surface area is 115 Å². The van der Waals surface area contributed by atoms with Crippen LogP contribution < -0.4 is 0 Å². The van der Waals surface area contributed by atoms with Gasteiger partial charge in [-0.15, -0.1) is 0 Å². The summed E-state index contributed by atoms with van der Waals surface area (Å²) in [5.41, 5.74) is -0.356. The Morgan fingerprint density at radius 2 is 1.74 bits per heavy atom. The zero-order valence-corrected chi connectivity index (χ0v) is 12.4. The molecule has 106 valence electrons. The van der Waals surface area contributed by atoms with Gasteiger partial charge in [0.15, 0.2) is 0 Å². The highest BCUT2D eigenvalue weighted by Gasteiger charge is 2.63. The molecule has 3 aliphatic rings. The van der Waals surface area contributed by atoms with Crippen LogP contribution in [0, 0.1) is 22.7 Å². The fourth-order valence-corrected chi connectivity index (χ4v) is 5.56. The van der Waals surface area contributed by atoms with E-state index in [1.807, 2.05) is 0 Å². The van der Waals surface area contributed by atoms with Crippen molar-refractivity contribution in [2.75, 3.05) is 0 Å². The van der Waals surface area contributed by atoms with Gasteiger partial charge in [-0.05, 0) is 36.5 Å². The van der Waals surface area contributed by atoms with Crippen LogP contribution in [0.25, 0.3) is 0 Å². The fourth-order valence-electron chi connectivity index (χ4n) is 5.56. The van der Waals surface area contributed by atoms with Crippen molar-refractivity contribution < 1.29 is 14.3 Å². The van der Waals surface area contributed by atoms with E-state index >= 15 is 0 Å². The van der Waals surface area contributed by atoms with Crippen molar-refractivity contribution >= 4 is 11.8 Å². The van der Waals surface area contributed by atoms with Gasteiger partial charge in [0.2, 0.25) is 0 Å². The molecule has 0 N–H and O–H groups in total. The van der Waals surface area contributed by atoms with Gasteiger partial charge in [-0.1, -0.05) is 20.8 Å². The first-order chi connectivity index (χ1) is 8.67. The van der Waals surface area contributed by atoms with Crippen molar-refractivity contribution in [2.45, 2.75) is 65.4 Å². The summed E-state index contributed by atoms with van der Waals surface area (Å²) in [5.74, 6) is 0.998. The first kappa shape index (κ1) is 13.1. The van der Waals surface area contributed by atoms with Crippen LogP contribution in [0.4, 0.5) is 0 Å². The lowest BCUT2D eigenvalue weighted by atomic mass is 9.45. The highest BCUT2D eigenvalue weighted by molar-refractivity contribution is 5.81. The Morgan fingerprint density at radius 3 is 2.42 bits per heavy atom. The first-order valence-electron chi connectivity index (χ1n) is 7.41. The number of ether oxygens (including phenoxy) is 1. The van der Waals surface area contributed by atoms with Gasteiger partial charge in [0.1, 0.15) is 11.4 Å². The highest BCUT2D eigenvalue weighted by Crippen LogP contribution is 2.64.